The summed E-state index contributed by atoms with van der Waals surface area (Å²) in [5.41, 5.74) is 0. The number of carboxylic acids is 2. The number of esters is 2. The lowest BCUT2D eigenvalue weighted by molar-refractivity contribution is -0.148. The third-order valence-corrected chi connectivity index (χ3v) is 2.37. The monoisotopic (exact) mass is 316 g/mol. The molecule has 10 heteroatoms. The number of hydrogen-bond acceptors (Lipinski definition) is 8. The van der Waals surface area contributed by atoms with Gasteiger partial charge in [0.15, 0.2) is 0 Å². The van der Waals surface area contributed by atoms with Crippen molar-refractivity contribution in [3.63, 3.8) is 0 Å². The standard InChI is InChI=1S/2C6H6O5/c2*7-4-1-3(2-5(8)9)11-6(4)10/h2*1,3,7H,2H2,(H,8,9). The Morgan fingerprint density at radius 1 is 0.864 bits per heavy atom. The molecule has 4 N–H and O–H groups in total. The van der Waals surface area contributed by atoms with Crippen molar-refractivity contribution in [2.45, 2.75) is 25.0 Å². The van der Waals surface area contributed by atoms with Gasteiger partial charge >= 0.3 is 23.9 Å². The Hall–Kier alpha value is -3.04. The van der Waals surface area contributed by atoms with Gasteiger partial charge in [-0.15, -0.1) is 0 Å². The van der Waals surface area contributed by atoms with Crippen molar-refractivity contribution in [2.75, 3.05) is 0 Å². The zero-order chi connectivity index (χ0) is 16.9. The summed E-state index contributed by atoms with van der Waals surface area (Å²) in [5.74, 6) is -4.91. The highest BCUT2D eigenvalue weighted by atomic mass is 16.6. The number of cyclic esters (lactones) is 2. The van der Waals surface area contributed by atoms with Crippen molar-refractivity contribution < 1.29 is 49.1 Å². The van der Waals surface area contributed by atoms with Gasteiger partial charge in [-0.05, 0) is 0 Å². The van der Waals surface area contributed by atoms with E-state index in [1.54, 1.807) is 0 Å². The van der Waals surface area contributed by atoms with Gasteiger partial charge in [0.25, 0.3) is 0 Å². The number of aliphatic hydroxyl groups excluding tert-OH is 2. The number of rotatable bonds is 4. The first-order valence-corrected chi connectivity index (χ1v) is 5.86. The van der Waals surface area contributed by atoms with Gasteiger partial charge in [-0.1, -0.05) is 0 Å². The van der Waals surface area contributed by atoms with E-state index in [4.69, 9.17) is 20.4 Å². The van der Waals surface area contributed by atoms with E-state index in [9.17, 15) is 19.2 Å². The molecule has 2 aliphatic rings. The molecule has 2 heterocycles. The molecule has 22 heavy (non-hydrogen) atoms. The predicted molar refractivity (Wildman–Crippen MR) is 65.7 cm³/mol. The average molecular weight is 316 g/mol. The number of carboxylic acid groups (broad SMARTS) is 2. The van der Waals surface area contributed by atoms with Gasteiger partial charge in [-0.3, -0.25) is 9.59 Å². The molecule has 10 nitrogen and oxygen atoms in total. The van der Waals surface area contributed by atoms with Crippen LogP contribution in [0, 0.1) is 0 Å². The van der Waals surface area contributed by atoms with E-state index in [-0.39, 0.29) is 12.8 Å². The minimum Gasteiger partial charge on any atom is -0.502 e. The SMILES string of the molecule is O=C(O)CC1C=C(O)C(=O)O1.O=C(O)CC1C=C(O)C(=O)O1. The summed E-state index contributed by atoms with van der Waals surface area (Å²) in [6, 6.07) is 0. The molecule has 0 aromatic heterocycles. The van der Waals surface area contributed by atoms with Gasteiger partial charge in [0.2, 0.25) is 11.5 Å². The summed E-state index contributed by atoms with van der Waals surface area (Å²) in [4.78, 5) is 41.0. The third kappa shape index (κ3) is 5.15. The Labute approximate surface area is 122 Å². The average Bonchev–Trinajstić information content (AvgIpc) is 2.82. The van der Waals surface area contributed by atoms with E-state index in [1.807, 2.05) is 0 Å². The van der Waals surface area contributed by atoms with Crippen LogP contribution in [0.15, 0.2) is 23.7 Å². The van der Waals surface area contributed by atoms with Gasteiger partial charge in [0.05, 0.1) is 12.8 Å². The van der Waals surface area contributed by atoms with E-state index in [0.717, 1.165) is 12.2 Å². The van der Waals surface area contributed by atoms with E-state index in [1.165, 1.54) is 0 Å². The number of carbonyl (C=O) groups excluding carboxylic acids is 2. The first kappa shape index (κ1) is 17.0. The zero-order valence-corrected chi connectivity index (χ0v) is 11.0. The largest absolute Gasteiger partial charge is 0.502 e. The first-order chi connectivity index (χ1) is 10.2. The number of aliphatic hydroxyl groups is 2. The lowest BCUT2D eigenvalue weighted by Gasteiger charge is -2.01. The zero-order valence-electron chi connectivity index (χ0n) is 11.0. The molecule has 2 unspecified atom stereocenters. The molecule has 0 bridgehead atoms. The quantitative estimate of drug-likeness (QED) is 0.503. The molecule has 0 fully saturated rings. The van der Waals surface area contributed by atoms with Crippen LogP contribution in [-0.4, -0.2) is 56.5 Å². The number of hydrogen-bond donors (Lipinski definition) is 4. The second-order valence-electron chi connectivity index (χ2n) is 4.19. The highest BCUT2D eigenvalue weighted by Gasteiger charge is 2.27. The van der Waals surface area contributed by atoms with Gasteiger partial charge in [0, 0.05) is 12.2 Å². The predicted octanol–water partition coefficient (Wildman–Crippen LogP) is -0.343. The lowest BCUT2D eigenvalue weighted by Crippen LogP contribution is -2.13. The molecule has 2 rings (SSSR count). The summed E-state index contributed by atoms with van der Waals surface area (Å²) >= 11 is 0. The maximum absolute atomic E-state index is 10.4. The molecule has 0 saturated heterocycles. The molecule has 0 aromatic carbocycles. The van der Waals surface area contributed by atoms with Crippen LogP contribution >= 0.6 is 0 Å². The summed E-state index contributed by atoms with van der Waals surface area (Å²) < 4.78 is 8.84. The fraction of sp³-hybridized carbons (Fsp3) is 0.333. The van der Waals surface area contributed by atoms with Crippen LogP contribution in [0.25, 0.3) is 0 Å². The smallest absolute Gasteiger partial charge is 0.373 e. The van der Waals surface area contributed by atoms with Gasteiger partial charge in [-0.25, -0.2) is 9.59 Å². The minimum atomic E-state index is -1.08. The van der Waals surface area contributed by atoms with Crippen molar-refractivity contribution in [2.24, 2.45) is 0 Å². The first-order valence-electron chi connectivity index (χ1n) is 5.86. The molecular formula is C12H12O10. The highest BCUT2D eigenvalue weighted by molar-refractivity contribution is 5.89. The summed E-state index contributed by atoms with van der Waals surface area (Å²) in [7, 11) is 0. The van der Waals surface area contributed by atoms with E-state index in [0.29, 0.717) is 0 Å². The van der Waals surface area contributed by atoms with Crippen LogP contribution in [0.3, 0.4) is 0 Å². The summed E-state index contributed by atoms with van der Waals surface area (Å²) in [6.07, 6.45) is -0.0987. The van der Waals surface area contributed by atoms with Crippen molar-refractivity contribution >= 4 is 23.9 Å². The van der Waals surface area contributed by atoms with Crippen LogP contribution in [0.5, 0.6) is 0 Å². The lowest BCUT2D eigenvalue weighted by atomic mass is 10.2. The van der Waals surface area contributed by atoms with Crippen LogP contribution in [0.1, 0.15) is 12.8 Å². The summed E-state index contributed by atoms with van der Waals surface area (Å²) in [5, 5.41) is 33.8. The van der Waals surface area contributed by atoms with Crippen molar-refractivity contribution in [1.82, 2.24) is 0 Å². The third-order valence-electron chi connectivity index (χ3n) is 2.37. The Balaban J connectivity index is 0.000000220. The molecule has 0 saturated carbocycles. The molecule has 0 amide bonds. The molecule has 0 radical (unpaired) electrons. The van der Waals surface area contributed by atoms with E-state index < -0.39 is 47.6 Å². The maximum Gasteiger partial charge on any atom is 0.373 e. The van der Waals surface area contributed by atoms with Crippen LogP contribution in [0.2, 0.25) is 0 Å². The molecular weight excluding hydrogens is 304 g/mol. The fourth-order valence-corrected chi connectivity index (χ4v) is 1.50. The van der Waals surface area contributed by atoms with Crippen LogP contribution < -0.4 is 0 Å². The fourth-order valence-electron chi connectivity index (χ4n) is 1.50. The summed E-state index contributed by atoms with van der Waals surface area (Å²) in [6.45, 7) is 0. The second-order valence-corrected chi connectivity index (χ2v) is 4.19. The second kappa shape index (κ2) is 7.11. The van der Waals surface area contributed by atoms with Crippen LogP contribution in [0.4, 0.5) is 0 Å². The molecule has 120 valence electrons. The van der Waals surface area contributed by atoms with Gasteiger partial charge in [-0.2, -0.15) is 0 Å². The number of aliphatic carboxylic acids is 2. The highest BCUT2D eigenvalue weighted by Crippen LogP contribution is 2.14. The maximum atomic E-state index is 10.4. The van der Waals surface area contributed by atoms with Crippen molar-refractivity contribution in [1.29, 1.82) is 0 Å². The molecule has 0 aromatic rings. The van der Waals surface area contributed by atoms with E-state index in [2.05, 4.69) is 9.47 Å². The molecule has 2 aliphatic heterocycles. The molecule has 0 aliphatic carbocycles. The Morgan fingerprint density at radius 2 is 1.18 bits per heavy atom. The Bertz CT molecular complexity index is 508. The van der Waals surface area contributed by atoms with Gasteiger partial charge in [0.1, 0.15) is 12.2 Å². The molecule has 0 spiro atoms. The van der Waals surface area contributed by atoms with Crippen LogP contribution in [-0.2, 0) is 28.7 Å². The molecule has 2 atom stereocenters. The van der Waals surface area contributed by atoms with Crippen molar-refractivity contribution in [3.05, 3.63) is 23.7 Å². The van der Waals surface area contributed by atoms with E-state index >= 15 is 0 Å². The number of carbonyl (C=O) groups is 4. The van der Waals surface area contributed by atoms with Gasteiger partial charge < -0.3 is 29.9 Å². The minimum absolute atomic E-state index is 0.310. The normalized spacial score (nSPS) is 22.7. The Morgan fingerprint density at radius 3 is 1.36 bits per heavy atom. The van der Waals surface area contributed by atoms with Crippen molar-refractivity contribution in [3.8, 4) is 0 Å². The topological polar surface area (TPSA) is 168 Å². The number of ether oxygens (including phenoxy) is 2. The Kier molecular flexibility index (Phi) is 5.50.